The third kappa shape index (κ3) is 6.15. The smallest absolute Gasteiger partial charge is 0.128 e. The quantitative estimate of drug-likeness (QED) is 0.520. The van der Waals surface area contributed by atoms with Gasteiger partial charge in [0.15, 0.2) is 0 Å². The summed E-state index contributed by atoms with van der Waals surface area (Å²) in [6, 6.07) is 18.9. The summed E-state index contributed by atoms with van der Waals surface area (Å²) in [5.41, 5.74) is 4.72. The molecule has 5 heteroatoms. The first-order valence-corrected chi connectivity index (χ1v) is 11.8. The van der Waals surface area contributed by atoms with Crippen LogP contribution in [-0.4, -0.2) is 45.7 Å². The second-order valence-corrected chi connectivity index (χ2v) is 8.70. The first kappa shape index (κ1) is 22.4. The van der Waals surface area contributed by atoms with E-state index < -0.39 is 0 Å². The van der Waals surface area contributed by atoms with Crippen molar-refractivity contribution in [1.29, 1.82) is 0 Å². The van der Waals surface area contributed by atoms with Crippen LogP contribution in [0.25, 0.3) is 11.3 Å². The van der Waals surface area contributed by atoms with Crippen molar-refractivity contribution >= 4 is 0 Å². The maximum atomic E-state index is 9.42. The highest BCUT2D eigenvalue weighted by Gasteiger charge is 2.21. The normalized spacial score (nSPS) is 16.8. The van der Waals surface area contributed by atoms with E-state index in [1.807, 2.05) is 24.4 Å². The maximum Gasteiger partial charge on any atom is 0.128 e. The minimum absolute atomic E-state index is 0.310. The highest BCUT2D eigenvalue weighted by Crippen LogP contribution is 2.21. The lowest BCUT2D eigenvalue weighted by Crippen LogP contribution is -2.50. The van der Waals surface area contributed by atoms with E-state index in [2.05, 4.69) is 46.4 Å². The van der Waals surface area contributed by atoms with E-state index in [-0.39, 0.29) is 0 Å². The number of hydrogen-bond acceptors (Lipinski definition) is 5. The number of rotatable bonds is 9. The summed E-state index contributed by atoms with van der Waals surface area (Å²) in [6.45, 7) is 6.52. The van der Waals surface area contributed by atoms with E-state index >= 15 is 0 Å². The van der Waals surface area contributed by atoms with E-state index in [4.69, 9.17) is 4.98 Å². The molecule has 0 radical (unpaired) electrons. The predicted molar refractivity (Wildman–Crippen MR) is 130 cm³/mol. The van der Waals surface area contributed by atoms with Crippen molar-refractivity contribution in [2.75, 3.05) is 19.6 Å². The van der Waals surface area contributed by atoms with Crippen LogP contribution in [0.1, 0.15) is 43.1 Å². The van der Waals surface area contributed by atoms with Crippen molar-refractivity contribution < 1.29 is 5.11 Å². The number of nitrogens with one attached hydrogen (secondary N) is 1. The summed E-state index contributed by atoms with van der Waals surface area (Å²) in [5.74, 6) is 1.20. The lowest BCUT2D eigenvalue weighted by atomic mass is 10.0. The molecule has 1 atom stereocenters. The first-order chi connectivity index (χ1) is 15.7. The van der Waals surface area contributed by atoms with Gasteiger partial charge in [-0.15, -0.1) is 0 Å². The molecule has 5 nitrogen and oxygen atoms in total. The molecule has 0 amide bonds. The zero-order chi connectivity index (χ0) is 22.2. The number of aromatic hydroxyl groups is 1. The number of nitrogens with zero attached hydrogens (tertiary/aromatic N) is 3. The van der Waals surface area contributed by atoms with Crippen LogP contribution in [0.15, 0.2) is 60.8 Å². The maximum absolute atomic E-state index is 9.42. The van der Waals surface area contributed by atoms with Gasteiger partial charge in [-0.05, 0) is 54.7 Å². The molecule has 2 N–H and O–H groups in total. The molecular weight excluding hydrogens is 396 g/mol. The van der Waals surface area contributed by atoms with Gasteiger partial charge in [0, 0.05) is 50.4 Å². The lowest BCUT2D eigenvalue weighted by molar-refractivity contribution is 0.144. The number of hydrogen-bond donors (Lipinski definition) is 2. The molecule has 0 spiro atoms. The second-order valence-electron chi connectivity index (χ2n) is 8.70. The SMILES string of the molecule is CCCC1CNCCN1Cc1cccc(-c2ccnc(CCCc3ccc(O)cc3)n2)c1. The molecule has 1 unspecified atom stereocenters. The van der Waals surface area contributed by atoms with Crippen LogP contribution in [0.3, 0.4) is 0 Å². The Bertz CT molecular complexity index is 987. The molecule has 1 aliphatic rings. The van der Waals surface area contributed by atoms with Gasteiger partial charge in [-0.1, -0.05) is 43.7 Å². The molecule has 1 saturated heterocycles. The molecular formula is C27H34N4O. The zero-order valence-corrected chi connectivity index (χ0v) is 19.0. The van der Waals surface area contributed by atoms with Gasteiger partial charge in [0.2, 0.25) is 0 Å². The minimum Gasteiger partial charge on any atom is -0.508 e. The van der Waals surface area contributed by atoms with Crippen molar-refractivity contribution in [2.45, 2.75) is 51.6 Å². The molecule has 0 saturated carbocycles. The van der Waals surface area contributed by atoms with Crippen LogP contribution in [0, 0.1) is 0 Å². The van der Waals surface area contributed by atoms with E-state index in [9.17, 15) is 5.11 Å². The Morgan fingerprint density at radius 1 is 1.06 bits per heavy atom. The van der Waals surface area contributed by atoms with Gasteiger partial charge in [0.05, 0.1) is 5.69 Å². The van der Waals surface area contributed by atoms with Crippen molar-refractivity contribution in [1.82, 2.24) is 20.2 Å². The van der Waals surface area contributed by atoms with Gasteiger partial charge in [0.25, 0.3) is 0 Å². The number of aromatic nitrogens is 2. The number of piperazine rings is 1. The largest absolute Gasteiger partial charge is 0.508 e. The van der Waals surface area contributed by atoms with Gasteiger partial charge < -0.3 is 10.4 Å². The van der Waals surface area contributed by atoms with Crippen LogP contribution in [0.2, 0.25) is 0 Å². The Morgan fingerprint density at radius 2 is 1.94 bits per heavy atom. The van der Waals surface area contributed by atoms with Crippen molar-refractivity contribution in [3.05, 3.63) is 77.7 Å². The Balaban J connectivity index is 1.39. The average molecular weight is 431 g/mol. The van der Waals surface area contributed by atoms with Gasteiger partial charge >= 0.3 is 0 Å². The van der Waals surface area contributed by atoms with E-state index in [0.717, 1.165) is 62.5 Å². The summed E-state index contributed by atoms with van der Waals surface area (Å²) in [4.78, 5) is 12.0. The Hall–Kier alpha value is -2.76. The lowest BCUT2D eigenvalue weighted by Gasteiger charge is -2.36. The molecule has 2 heterocycles. The fourth-order valence-electron chi connectivity index (χ4n) is 4.49. The molecule has 1 fully saturated rings. The molecule has 32 heavy (non-hydrogen) atoms. The Kier molecular flexibility index (Phi) is 7.86. The topological polar surface area (TPSA) is 61.3 Å². The summed E-state index contributed by atoms with van der Waals surface area (Å²) in [6.07, 6.45) is 7.11. The molecule has 0 bridgehead atoms. The third-order valence-electron chi connectivity index (χ3n) is 6.21. The third-order valence-corrected chi connectivity index (χ3v) is 6.21. The molecule has 1 aliphatic heterocycles. The number of phenols is 1. The minimum atomic E-state index is 0.310. The Labute approximate surface area is 191 Å². The van der Waals surface area contributed by atoms with Crippen LogP contribution < -0.4 is 5.32 Å². The van der Waals surface area contributed by atoms with Crippen molar-refractivity contribution in [3.63, 3.8) is 0 Å². The average Bonchev–Trinajstić information content (AvgIpc) is 2.82. The van der Waals surface area contributed by atoms with Crippen molar-refractivity contribution in [3.8, 4) is 17.0 Å². The molecule has 2 aromatic carbocycles. The monoisotopic (exact) mass is 430 g/mol. The number of aryl methyl sites for hydroxylation is 2. The number of benzene rings is 2. The molecule has 168 valence electrons. The Morgan fingerprint density at radius 3 is 2.78 bits per heavy atom. The first-order valence-electron chi connectivity index (χ1n) is 11.8. The van der Waals surface area contributed by atoms with Gasteiger partial charge in [-0.25, -0.2) is 9.97 Å². The van der Waals surface area contributed by atoms with E-state index in [1.165, 1.54) is 24.0 Å². The fourth-order valence-corrected chi connectivity index (χ4v) is 4.49. The van der Waals surface area contributed by atoms with Gasteiger partial charge in [-0.2, -0.15) is 0 Å². The van der Waals surface area contributed by atoms with E-state index in [1.54, 1.807) is 12.1 Å². The van der Waals surface area contributed by atoms with Crippen LogP contribution >= 0.6 is 0 Å². The summed E-state index contributed by atoms with van der Waals surface area (Å²) in [7, 11) is 0. The highest BCUT2D eigenvalue weighted by atomic mass is 16.3. The molecule has 4 rings (SSSR count). The van der Waals surface area contributed by atoms with Crippen LogP contribution in [-0.2, 0) is 19.4 Å². The summed E-state index contributed by atoms with van der Waals surface area (Å²) < 4.78 is 0. The molecule has 3 aromatic rings. The number of phenolic OH excluding ortho intramolecular Hbond substituents is 1. The van der Waals surface area contributed by atoms with E-state index in [0.29, 0.717) is 11.8 Å². The standard InChI is InChI=1S/C27H34N4O/c1-2-5-24-19-28-16-17-31(24)20-22-7-3-8-23(18-22)26-14-15-29-27(30-26)9-4-6-21-10-12-25(32)13-11-21/h3,7-8,10-15,18,24,28,32H,2,4-6,9,16-17,19-20H2,1H3. The molecule has 0 aliphatic carbocycles. The molecule has 1 aromatic heterocycles. The van der Waals surface area contributed by atoms with Gasteiger partial charge in [-0.3, -0.25) is 4.90 Å². The van der Waals surface area contributed by atoms with Crippen LogP contribution in [0.4, 0.5) is 0 Å². The highest BCUT2D eigenvalue weighted by molar-refractivity contribution is 5.59. The van der Waals surface area contributed by atoms with Crippen molar-refractivity contribution in [2.24, 2.45) is 0 Å². The fraction of sp³-hybridized carbons (Fsp3) is 0.407. The van der Waals surface area contributed by atoms with Gasteiger partial charge in [0.1, 0.15) is 11.6 Å². The van der Waals surface area contributed by atoms with Crippen LogP contribution in [0.5, 0.6) is 5.75 Å². The second kappa shape index (κ2) is 11.2. The summed E-state index contributed by atoms with van der Waals surface area (Å²) in [5, 5.41) is 13.0. The summed E-state index contributed by atoms with van der Waals surface area (Å²) >= 11 is 0. The zero-order valence-electron chi connectivity index (χ0n) is 19.0. The predicted octanol–water partition coefficient (Wildman–Crippen LogP) is 4.60.